The molecule has 0 radical (unpaired) electrons. The number of halogens is 1. The van der Waals surface area contributed by atoms with Crippen LogP contribution in [-0.4, -0.2) is 22.3 Å². The second kappa shape index (κ2) is 2.48. The highest BCUT2D eigenvalue weighted by Crippen LogP contribution is 2.45. The monoisotopic (exact) mass is 212 g/mol. The van der Waals surface area contributed by atoms with Gasteiger partial charge in [-0.15, -0.1) is 0 Å². The lowest BCUT2D eigenvalue weighted by molar-refractivity contribution is -0.171. The summed E-state index contributed by atoms with van der Waals surface area (Å²) in [5, 5.41) is 9.21. The van der Waals surface area contributed by atoms with E-state index in [-0.39, 0.29) is 5.17 Å². The molecule has 0 amide bonds. The molecule has 3 aliphatic rings. The SMILES string of the molecule is C[C@]12C[C@@H](C#N)[C@](C)(N=C1Cl)C(=O)O2. The molecule has 0 aromatic carbocycles. The van der Waals surface area contributed by atoms with Crippen LogP contribution in [0.1, 0.15) is 20.3 Å². The summed E-state index contributed by atoms with van der Waals surface area (Å²) < 4.78 is 5.17. The molecule has 0 saturated carbocycles. The zero-order valence-electron chi connectivity index (χ0n) is 7.87. The van der Waals surface area contributed by atoms with Crippen molar-refractivity contribution >= 4 is 22.7 Å². The van der Waals surface area contributed by atoms with Crippen molar-refractivity contribution in [2.24, 2.45) is 10.9 Å². The molecule has 14 heavy (non-hydrogen) atoms. The van der Waals surface area contributed by atoms with Crippen LogP contribution in [0.5, 0.6) is 0 Å². The molecular formula is C9H9ClN2O2. The Bertz CT molecular complexity index is 387. The van der Waals surface area contributed by atoms with Crippen molar-refractivity contribution in [1.82, 2.24) is 0 Å². The quantitative estimate of drug-likeness (QED) is 0.568. The van der Waals surface area contributed by atoms with Crippen molar-refractivity contribution < 1.29 is 9.53 Å². The van der Waals surface area contributed by atoms with Gasteiger partial charge in [-0.05, 0) is 13.8 Å². The molecule has 3 aliphatic heterocycles. The highest BCUT2D eigenvalue weighted by atomic mass is 35.5. The highest BCUT2D eigenvalue weighted by molar-refractivity contribution is 6.67. The molecule has 5 heteroatoms. The number of aliphatic imine (C=N–C) groups is 1. The van der Waals surface area contributed by atoms with Crippen LogP contribution in [0.4, 0.5) is 0 Å². The molecule has 0 aliphatic carbocycles. The highest BCUT2D eigenvalue weighted by Gasteiger charge is 2.59. The van der Waals surface area contributed by atoms with E-state index in [0.717, 1.165) is 0 Å². The van der Waals surface area contributed by atoms with Crippen LogP contribution in [0, 0.1) is 17.2 Å². The molecule has 74 valence electrons. The molecule has 3 atom stereocenters. The minimum atomic E-state index is -1.11. The molecule has 0 aromatic heterocycles. The number of esters is 1. The Morgan fingerprint density at radius 3 is 2.93 bits per heavy atom. The summed E-state index contributed by atoms with van der Waals surface area (Å²) in [5.41, 5.74) is -2.00. The maximum absolute atomic E-state index is 11.6. The fourth-order valence-corrected chi connectivity index (χ4v) is 2.11. The summed E-state index contributed by atoms with van der Waals surface area (Å²) in [6.45, 7) is 3.27. The number of carbonyl (C=O) groups is 1. The van der Waals surface area contributed by atoms with Gasteiger partial charge in [0.2, 0.25) is 0 Å². The van der Waals surface area contributed by atoms with Crippen LogP contribution in [-0.2, 0) is 9.53 Å². The van der Waals surface area contributed by atoms with E-state index in [1.165, 1.54) is 0 Å². The van der Waals surface area contributed by atoms with Gasteiger partial charge >= 0.3 is 5.97 Å². The zero-order valence-corrected chi connectivity index (χ0v) is 8.63. The van der Waals surface area contributed by atoms with Gasteiger partial charge in [-0.3, -0.25) is 4.99 Å². The Morgan fingerprint density at radius 2 is 2.36 bits per heavy atom. The van der Waals surface area contributed by atoms with Crippen LogP contribution in [0.15, 0.2) is 4.99 Å². The van der Waals surface area contributed by atoms with Crippen molar-refractivity contribution in [3.05, 3.63) is 0 Å². The van der Waals surface area contributed by atoms with Gasteiger partial charge < -0.3 is 4.74 Å². The predicted octanol–water partition coefficient (Wildman–Crippen LogP) is 1.24. The molecule has 0 unspecified atom stereocenters. The van der Waals surface area contributed by atoms with Gasteiger partial charge in [-0.2, -0.15) is 5.26 Å². The van der Waals surface area contributed by atoms with Gasteiger partial charge in [0.05, 0.1) is 12.0 Å². The zero-order chi connectivity index (χ0) is 10.6. The third kappa shape index (κ3) is 0.934. The fourth-order valence-electron chi connectivity index (χ4n) is 1.82. The Balaban J connectivity index is 2.58. The van der Waals surface area contributed by atoms with E-state index in [9.17, 15) is 4.79 Å². The summed E-state index contributed by atoms with van der Waals surface area (Å²) in [4.78, 5) is 15.6. The Kier molecular flexibility index (Phi) is 1.68. The van der Waals surface area contributed by atoms with Gasteiger partial charge in [0.15, 0.2) is 11.1 Å². The molecule has 4 nitrogen and oxygen atoms in total. The van der Waals surface area contributed by atoms with Crippen LogP contribution in [0.2, 0.25) is 0 Å². The fraction of sp³-hybridized carbons (Fsp3) is 0.667. The number of ether oxygens (including phenoxy) is 1. The summed E-state index contributed by atoms with van der Waals surface area (Å²) in [5.74, 6) is -0.904. The van der Waals surface area contributed by atoms with E-state index in [2.05, 4.69) is 11.1 Å². The van der Waals surface area contributed by atoms with Crippen LogP contribution in [0.25, 0.3) is 0 Å². The number of carbonyl (C=O) groups excluding carboxylic acids is 1. The lowest BCUT2D eigenvalue weighted by Gasteiger charge is -2.47. The first kappa shape index (κ1) is 9.47. The molecule has 1 saturated heterocycles. The predicted molar refractivity (Wildman–Crippen MR) is 49.9 cm³/mol. The first-order valence-corrected chi connectivity index (χ1v) is 4.69. The van der Waals surface area contributed by atoms with Crippen molar-refractivity contribution in [3.8, 4) is 6.07 Å². The number of fused-ring (bicyclic) bond motifs is 2. The Labute approximate surface area is 86.5 Å². The van der Waals surface area contributed by atoms with Gasteiger partial charge in [0.1, 0.15) is 5.17 Å². The normalized spacial score (nSPS) is 45.4. The maximum atomic E-state index is 11.6. The van der Waals surface area contributed by atoms with Gasteiger partial charge in [-0.25, -0.2) is 4.79 Å². The average molecular weight is 213 g/mol. The minimum absolute atomic E-state index is 0.283. The topological polar surface area (TPSA) is 62.5 Å². The first-order chi connectivity index (χ1) is 6.42. The molecule has 0 N–H and O–H groups in total. The van der Waals surface area contributed by atoms with E-state index in [1.54, 1.807) is 13.8 Å². The largest absolute Gasteiger partial charge is 0.450 e. The molecule has 0 aromatic rings. The lowest BCUT2D eigenvalue weighted by atomic mass is 9.74. The van der Waals surface area contributed by atoms with Crippen molar-refractivity contribution in [2.75, 3.05) is 0 Å². The first-order valence-electron chi connectivity index (χ1n) is 4.31. The number of nitriles is 1. The van der Waals surface area contributed by atoms with Crippen molar-refractivity contribution in [3.63, 3.8) is 0 Å². The summed E-state index contributed by atoms with van der Waals surface area (Å²) in [6.07, 6.45) is 0.425. The van der Waals surface area contributed by atoms with Crippen LogP contribution in [0.3, 0.4) is 0 Å². The molecule has 3 heterocycles. The molecule has 1 fully saturated rings. The summed E-state index contributed by atoms with van der Waals surface area (Å²) in [6, 6.07) is 2.09. The van der Waals surface area contributed by atoms with Gasteiger partial charge in [-0.1, -0.05) is 11.6 Å². The van der Waals surface area contributed by atoms with Gasteiger partial charge in [0.25, 0.3) is 0 Å². The third-order valence-electron chi connectivity index (χ3n) is 2.93. The molecule has 2 bridgehead atoms. The minimum Gasteiger partial charge on any atom is -0.450 e. The van der Waals surface area contributed by atoms with Gasteiger partial charge in [0, 0.05) is 6.42 Å². The number of hydrogen-bond donors (Lipinski definition) is 0. The third-order valence-corrected chi connectivity index (χ3v) is 3.41. The van der Waals surface area contributed by atoms with E-state index >= 15 is 0 Å². The summed E-state index contributed by atoms with van der Waals surface area (Å²) in [7, 11) is 0. The van der Waals surface area contributed by atoms with Crippen molar-refractivity contribution in [2.45, 2.75) is 31.4 Å². The molecule has 3 rings (SSSR count). The summed E-state index contributed by atoms with van der Waals surface area (Å²) >= 11 is 5.90. The Morgan fingerprint density at radius 1 is 1.71 bits per heavy atom. The second-order valence-electron chi connectivity index (χ2n) is 4.06. The second-order valence-corrected chi connectivity index (χ2v) is 4.41. The van der Waals surface area contributed by atoms with Crippen LogP contribution < -0.4 is 0 Å². The lowest BCUT2D eigenvalue weighted by Crippen LogP contribution is -2.61. The standard InChI is InChI=1S/C9H9ClN2O2/c1-8-3-5(4-11)9(2,7(13)14-8)12-6(8)10/h5H,3H2,1-2H3/t5-,8-,9-/m0/s1. The van der Waals surface area contributed by atoms with E-state index in [0.29, 0.717) is 6.42 Å². The molecular weight excluding hydrogens is 204 g/mol. The molecule has 0 spiro atoms. The average Bonchev–Trinajstić information content (AvgIpc) is 2.09. The van der Waals surface area contributed by atoms with E-state index in [1.807, 2.05) is 0 Å². The Hall–Kier alpha value is -1.08. The number of hydrogen-bond acceptors (Lipinski definition) is 4. The number of nitrogens with zero attached hydrogens (tertiary/aromatic N) is 2. The van der Waals surface area contributed by atoms with Crippen LogP contribution >= 0.6 is 11.6 Å². The maximum Gasteiger partial charge on any atom is 0.336 e. The van der Waals surface area contributed by atoms with Crippen molar-refractivity contribution in [1.29, 1.82) is 5.26 Å². The van der Waals surface area contributed by atoms with E-state index in [4.69, 9.17) is 21.6 Å². The smallest absolute Gasteiger partial charge is 0.336 e. The van der Waals surface area contributed by atoms with E-state index < -0.39 is 23.0 Å². The number of rotatable bonds is 0.